The van der Waals surface area contributed by atoms with Gasteiger partial charge in [-0.05, 0) is 49.6 Å². The zero-order valence-corrected chi connectivity index (χ0v) is 17.3. The molecule has 1 aromatic heterocycles. The van der Waals surface area contributed by atoms with Crippen LogP contribution in [0.2, 0.25) is 0 Å². The van der Waals surface area contributed by atoms with Crippen LogP contribution in [0.5, 0.6) is 0 Å². The van der Waals surface area contributed by atoms with Gasteiger partial charge in [-0.25, -0.2) is 13.1 Å². The van der Waals surface area contributed by atoms with Crippen molar-refractivity contribution in [2.24, 2.45) is 0 Å². The Morgan fingerprint density at radius 3 is 2.43 bits per heavy atom. The number of aryl methyl sites for hydroxylation is 2. The van der Waals surface area contributed by atoms with Crippen molar-refractivity contribution < 1.29 is 13.2 Å². The minimum absolute atomic E-state index is 0.119. The first kappa shape index (κ1) is 20.1. The Kier molecular flexibility index (Phi) is 5.87. The smallest absolute Gasteiger partial charge is 0.270 e. The van der Waals surface area contributed by atoms with Gasteiger partial charge in [0.05, 0.1) is 0 Å². The van der Waals surface area contributed by atoms with Gasteiger partial charge >= 0.3 is 0 Å². The zero-order chi connectivity index (χ0) is 20.3. The van der Waals surface area contributed by atoms with Crippen LogP contribution < -0.4 is 10.0 Å². The lowest BCUT2D eigenvalue weighted by atomic mass is 10.0. The Labute approximate surface area is 167 Å². The summed E-state index contributed by atoms with van der Waals surface area (Å²) in [7, 11) is -3.87. The highest BCUT2D eigenvalue weighted by atomic mass is 32.2. The Bertz CT molecular complexity index is 1100. The number of hydrogen-bond acceptors (Lipinski definition) is 6. The number of carbonyl (C=O) groups excluding carboxylic acids is 1. The fourth-order valence-electron chi connectivity index (χ4n) is 2.51. The first-order valence-corrected chi connectivity index (χ1v) is 10.9. The summed E-state index contributed by atoms with van der Waals surface area (Å²) >= 11 is 0.801. The second kappa shape index (κ2) is 8.17. The monoisotopic (exact) mass is 416 g/mol. The van der Waals surface area contributed by atoms with Crippen molar-refractivity contribution in [1.29, 1.82) is 0 Å². The lowest BCUT2D eigenvalue weighted by molar-refractivity contribution is 0.102. The van der Waals surface area contributed by atoms with Crippen molar-refractivity contribution in [2.75, 3.05) is 5.32 Å². The van der Waals surface area contributed by atoms with Crippen LogP contribution in [0.1, 0.15) is 40.0 Å². The third-order valence-corrected chi connectivity index (χ3v) is 7.00. The van der Waals surface area contributed by atoms with Crippen LogP contribution in [0.15, 0.2) is 52.9 Å². The molecule has 0 spiro atoms. The minimum Gasteiger partial charge on any atom is -0.296 e. The molecule has 0 radical (unpaired) electrons. The molecule has 3 rings (SSSR count). The highest BCUT2D eigenvalue weighted by Crippen LogP contribution is 2.23. The predicted octanol–water partition coefficient (Wildman–Crippen LogP) is 3.45. The third-order valence-electron chi connectivity index (χ3n) is 4.26. The van der Waals surface area contributed by atoms with Gasteiger partial charge in [0.1, 0.15) is 0 Å². The SMILES string of the molecule is Cc1ccc([C@H](C)NS(=O)(=O)c2nnc(NC(=O)c3ccccc3)s2)cc1C. The molecule has 28 heavy (non-hydrogen) atoms. The van der Waals surface area contributed by atoms with Gasteiger partial charge in [-0.15, -0.1) is 10.2 Å². The van der Waals surface area contributed by atoms with E-state index in [9.17, 15) is 13.2 Å². The lowest BCUT2D eigenvalue weighted by Gasteiger charge is -2.14. The molecular formula is C19H20N4O3S2. The van der Waals surface area contributed by atoms with Crippen LogP contribution in [-0.4, -0.2) is 24.5 Å². The number of carbonyl (C=O) groups is 1. The standard InChI is InChI=1S/C19H20N4O3S2/c1-12-9-10-16(11-13(12)2)14(3)23-28(25,26)19-22-21-18(27-19)20-17(24)15-7-5-4-6-8-15/h4-11,14,23H,1-3H3,(H,20,21,24)/t14-/m0/s1. The molecule has 3 aromatic rings. The number of nitrogens with zero attached hydrogens (tertiary/aromatic N) is 2. The van der Waals surface area contributed by atoms with Gasteiger partial charge in [-0.3, -0.25) is 10.1 Å². The summed E-state index contributed by atoms with van der Waals surface area (Å²) in [4.78, 5) is 12.2. The number of nitrogens with one attached hydrogen (secondary N) is 2. The molecule has 0 aliphatic rings. The zero-order valence-electron chi connectivity index (χ0n) is 15.6. The third kappa shape index (κ3) is 4.61. The molecule has 9 heteroatoms. The lowest BCUT2D eigenvalue weighted by Crippen LogP contribution is -2.26. The van der Waals surface area contributed by atoms with E-state index in [0.29, 0.717) is 5.56 Å². The Morgan fingerprint density at radius 2 is 1.75 bits per heavy atom. The first-order valence-electron chi connectivity index (χ1n) is 8.55. The largest absolute Gasteiger partial charge is 0.296 e. The number of benzene rings is 2. The predicted molar refractivity (Wildman–Crippen MR) is 109 cm³/mol. The van der Waals surface area contributed by atoms with Gasteiger partial charge in [0, 0.05) is 11.6 Å². The van der Waals surface area contributed by atoms with Crippen molar-refractivity contribution in [3.05, 3.63) is 70.8 Å². The van der Waals surface area contributed by atoms with E-state index < -0.39 is 16.1 Å². The summed E-state index contributed by atoms with van der Waals surface area (Å²) < 4.78 is 27.6. The van der Waals surface area contributed by atoms with E-state index in [4.69, 9.17) is 0 Å². The molecule has 0 bridgehead atoms. The highest BCUT2D eigenvalue weighted by molar-refractivity contribution is 7.91. The summed E-state index contributed by atoms with van der Waals surface area (Å²) in [5.74, 6) is -0.378. The second-order valence-electron chi connectivity index (χ2n) is 6.38. The first-order chi connectivity index (χ1) is 13.3. The van der Waals surface area contributed by atoms with Gasteiger partial charge < -0.3 is 0 Å². The molecule has 0 fully saturated rings. The number of hydrogen-bond donors (Lipinski definition) is 2. The van der Waals surface area contributed by atoms with Crippen molar-refractivity contribution in [2.45, 2.75) is 31.2 Å². The van der Waals surface area contributed by atoms with Gasteiger partial charge in [0.15, 0.2) is 0 Å². The molecule has 2 aromatic carbocycles. The van der Waals surface area contributed by atoms with E-state index in [1.807, 2.05) is 32.0 Å². The Morgan fingerprint density at radius 1 is 1.04 bits per heavy atom. The summed E-state index contributed by atoms with van der Waals surface area (Å²) in [5, 5.41) is 10.2. The van der Waals surface area contributed by atoms with Crippen LogP contribution in [0.25, 0.3) is 0 Å². The molecule has 1 amide bonds. The van der Waals surface area contributed by atoms with Crippen molar-refractivity contribution >= 4 is 32.4 Å². The summed E-state index contributed by atoms with van der Waals surface area (Å²) in [6, 6.07) is 13.9. The van der Waals surface area contributed by atoms with E-state index >= 15 is 0 Å². The maximum absolute atomic E-state index is 12.6. The van der Waals surface area contributed by atoms with Gasteiger partial charge in [-0.1, -0.05) is 47.7 Å². The number of anilines is 1. The average Bonchev–Trinajstić information content (AvgIpc) is 3.14. The molecule has 0 saturated heterocycles. The quantitative estimate of drug-likeness (QED) is 0.600. The van der Waals surface area contributed by atoms with Crippen LogP contribution in [0.4, 0.5) is 5.13 Å². The maximum Gasteiger partial charge on any atom is 0.270 e. The van der Waals surface area contributed by atoms with Crippen molar-refractivity contribution in [3.63, 3.8) is 0 Å². The molecule has 7 nitrogen and oxygen atoms in total. The molecule has 0 saturated carbocycles. The van der Waals surface area contributed by atoms with E-state index in [1.165, 1.54) is 0 Å². The Balaban J connectivity index is 1.72. The average molecular weight is 417 g/mol. The molecule has 146 valence electrons. The maximum atomic E-state index is 12.6. The molecule has 0 unspecified atom stereocenters. The number of rotatable bonds is 6. The molecule has 1 heterocycles. The fraction of sp³-hybridized carbons (Fsp3) is 0.211. The topological polar surface area (TPSA) is 101 Å². The van der Waals surface area contributed by atoms with Crippen molar-refractivity contribution in [3.8, 4) is 0 Å². The summed E-state index contributed by atoms with van der Waals surface area (Å²) in [6.07, 6.45) is 0. The van der Waals surface area contributed by atoms with Crippen LogP contribution in [0.3, 0.4) is 0 Å². The number of amides is 1. The molecule has 2 N–H and O–H groups in total. The van der Waals surface area contributed by atoms with E-state index in [1.54, 1.807) is 37.3 Å². The fourth-order valence-corrected chi connectivity index (χ4v) is 4.66. The van der Waals surface area contributed by atoms with Gasteiger partial charge in [0.25, 0.3) is 15.9 Å². The van der Waals surface area contributed by atoms with E-state index in [2.05, 4.69) is 20.2 Å². The molecular weight excluding hydrogens is 396 g/mol. The normalized spacial score (nSPS) is 12.5. The summed E-state index contributed by atoms with van der Waals surface area (Å²) in [5.41, 5.74) is 3.53. The number of sulfonamides is 1. The Hall–Kier alpha value is -2.62. The van der Waals surface area contributed by atoms with Gasteiger partial charge in [0.2, 0.25) is 9.47 Å². The van der Waals surface area contributed by atoms with Crippen LogP contribution in [-0.2, 0) is 10.0 Å². The minimum atomic E-state index is -3.87. The summed E-state index contributed by atoms with van der Waals surface area (Å²) in [6.45, 7) is 5.74. The molecule has 1 atom stereocenters. The number of aromatic nitrogens is 2. The molecule has 0 aliphatic heterocycles. The second-order valence-corrected chi connectivity index (χ2v) is 9.25. The molecule has 0 aliphatic carbocycles. The van der Waals surface area contributed by atoms with Crippen LogP contribution in [0, 0.1) is 13.8 Å². The van der Waals surface area contributed by atoms with E-state index in [-0.39, 0.29) is 15.4 Å². The van der Waals surface area contributed by atoms with E-state index in [0.717, 1.165) is 28.0 Å². The highest BCUT2D eigenvalue weighted by Gasteiger charge is 2.24. The van der Waals surface area contributed by atoms with Crippen molar-refractivity contribution in [1.82, 2.24) is 14.9 Å². The van der Waals surface area contributed by atoms with Gasteiger partial charge in [-0.2, -0.15) is 0 Å². The van der Waals surface area contributed by atoms with Crippen LogP contribution >= 0.6 is 11.3 Å².